The number of nitrogens with zero attached hydrogens (tertiary/aromatic N) is 3. The molecule has 1 aromatic carbocycles. The van der Waals surface area contributed by atoms with Gasteiger partial charge in [0.15, 0.2) is 0 Å². The molecule has 6 nitrogen and oxygen atoms in total. The molecule has 2 saturated heterocycles. The molecule has 1 N–H and O–H groups in total. The van der Waals surface area contributed by atoms with Crippen molar-refractivity contribution in [3.05, 3.63) is 65.0 Å². The number of benzene rings is 1. The Morgan fingerprint density at radius 1 is 1.06 bits per heavy atom. The molecule has 2 amide bonds. The SMILES string of the molecule is Cc1ccnc(C)c1C(=O)N1CC2CN(CCC(NC(=O)C3CC(F)(F)C3)c3ccccc3)C[C@H]2C1. The zero-order chi connectivity index (χ0) is 25.4. The Morgan fingerprint density at radius 3 is 2.33 bits per heavy atom. The number of carbonyl (C=O) groups is 2. The summed E-state index contributed by atoms with van der Waals surface area (Å²) in [5, 5.41) is 3.04. The van der Waals surface area contributed by atoms with E-state index in [1.807, 2.05) is 55.1 Å². The van der Waals surface area contributed by atoms with Crippen LogP contribution in [0.2, 0.25) is 0 Å². The summed E-state index contributed by atoms with van der Waals surface area (Å²) in [6, 6.07) is 11.4. The van der Waals surface area contributed by atoms with Crippen LogP contribution in [0.25, 0.3) is 0 Å². The summed E-state index contributed by atoms with van der Waals surface area (Å²) in [4.78, 5) is 34.5. The van der Waals surface area contributed by atoms with Gasteiger partial charge >= 0.3 is 0 Å². The van der Waals surface area contributed by atoms with Crippen molar-refractivity contribution in [2.24, 2.45) is 17.8 Å². The Morgan fingerprint density at radius 2 is 1.72 bits per heavy atom. The number of fused-ring (bicyclic) bond motifs is 1. The number of aryl methyl sites for hydroxylation is 2. The van der Waals surface area contributed by atoms with E-state index in [9.17, 15) is 18.4 Å². The lowest BCUT2D eigenvalue weighted by Crippen LogP contribution is -2.46. The molecule has 3 aliphatic rings. The maximum Gasteiger partial charge on any atom is 0.255 e. The molecule has 36 heavy (non-hydrogen) atoms. The number of nitrogens with one attached hydrogen (secondary N) is 1. The highest BCUT2D eigenvalue weighted by molar-refractivity contribution is 5.96. The van der Waals surface area contributed by atoms with Crippen LogP contribution in [0.4, 0.5) is 8.78 Å². The number of carbonyl (C=O) groups excluding carboxylic acids is 2. The molecule has 1 saturated carbocycles. The quantitative estimate of drug-likeness (QED) is 0.630. The zero-order valence-electron chi connectivity index (χ0n) is 20.9. The smallest absolute Gasteiger partial charge is 0.255 e. The average Bonchev–Trinajstić information content (AvgIpc) is 3.39. The van der Waals surface area contributed by atoms with Crippen molar-refractivity contribution in [1.82, 2.24) is 20.1 Å². The average molecular weight is 497 g/mol. The summed E-state index contributed by atoms with van der Waals surface area (Å²) in [5.41, 5.74) is 3.46. The van der Waals surface area contributed by atoms with Crippen LogP contribution >= 0.6 is 0 Å². The van der Waals surface area contributed by atoms with E-state index in [-0.39, 0.29) is 30.7 Å². The maximum atomic E-state index is 13.3. The molecule has 0 radical (unpaired) electrons. The molecular formula is C28H34F2N4O2. The Hall–Kier alpha value is -2.87. The molecule has 0 bridgehead atoms. The number of alkyl halides is 2. The van der Waals surface area contributed by atoms with Gasteiger partial charge in [-0.1, -0.05) is 30.3 Å². The summed E-state index contributed by atoms with van der Waals surface area (Å²) in [6.07, 6.45) is 1.74. The summed E-state index contributed by atoms with van der Waals surface area (Å²) in [7, 11) is 0. The van der Waals surface area contributed by atoms with Crippen LogP contribution in [0.1, 0.15) is 52.5 Å². The van der Waals surface area contributed by atoms with Gasteiger partial charge in [0.1, 0.15) is 0 Å². The van der Waals surface area contributed by atoms with E-state index in [1.54, 1.807) is 6.20 Å². The molecule has 192 valence electrons. The lowest BCUT2D eigenvalue weighted by molar-refractivity contribution is -0.150. The highest BCUT2D eigenvalue weighted by Gasteiger charge is 2.49. The van der Waals surface area contributed by atoms with Crippen molar-refractivity contribution in [2.45, 2.75) is 45.1 Å². The minimum Gasteiger partial charge on any atom is -0.349 e. The molecule has 2 aromatic rings. The molecule has 0 spiro atoms. The van der Waals surface area contributed by atoms with Gasteiger partial charge in [-0.05, 0) is 49.3 Å². The van der Waals surface area contributed by atoms with Gasteiger partial charge in [-0.2, -0.15) is 0 Å². The van der Waals surface area contributed by atoms with Gasteiger partial charge in [0.05, 0.1) is 17.3 Å². The second kappa shape index (κ2) is 9.88. The van der Waals surface area contributed by atoms with Crippen LogP contribution in [0.5, 0.6) is 0 Å². The second-order valence-electron chi connectivity index (χ2n) is 10.8. The number of likely N-dealkylation sites (tertiary alicyclic amines) is 2. The van der Waals surface area contributed by atoms with Crippen LogP contribution in [-0.4, -0.2) is 65.2 Å². The maximum absolute atomic E-state index is 13.3. The van der Waals surface area contributed by atoms with Gasteiger partial charge in [0.25, 0.3) is 5.91 Å². The first-order valence-electron chi connectivity index (χ1n) is 12.9. The highest BCUT2D eigenvalue weighted by atomic mass is 19.3. The van der Waals surface area contributed by atoms with Crippen molar-refractivity contribution in [1.29, 1.82) is 0 Å². The second-order valence-corrected chi connectivity index (χ2v) is 10.8. The lowest BCUT2D eigenvalue weighted by atomic mass is 9.80. The number of hydrogen-bond donors (Lipinski definition) is 1. The third-order valence-electron chi connectivity index (χ3n) is 8.13. The normalized spacial score (nSPS) is 24.3. The first kappa shape index (κ1) is 24.8. The third kappa shape index (κ3) is 5.14. The molecule has 8 heteroatoms. The number of pyridine rings is 1. The molecule has 2 unspecified atom stereocenters. The minimum atomic E-state index is -2.71. The Labute approximate surface area is 211 Å². The summed E-state index contributed by atoms with van der Waals surface area (Å²) in [5.74, 6) is -2.63. The van der Waals surface area contributed by atoms with Crippen molar-refractivity contribution >= 4 is 11.8 Å². The molecular weight excluding hydrogens is 462 g/mol. The van der Waals surface area contributed by atoms with Gasteiger partial charge in [0, 0.05) is 57.7 Å². The topological polar surface area (TPSA) is 65.5 Å². The fraction of sp³-hybridized carbons (Fsp3) is 0.536. The van der Waals surface area contributed by atoms with Gasteiger partial charge in [0.2, 0.25) is 11.8 Å². The van der Waals surface area contributed by atoms with E-state index in [4.69, 9.17) is 0 Å². The number of amides is 2. The fourth-order valence-corrected chi connectivity index (χ4v) is 6.07. The molecule has 3 heterocycles. The largest absolute Gasteiger partial charge is 0.349 e. The van der Waals surface area contributed by atoms with E-state index in [0.29, 0.717) is 11.8 Å². The van der Waals surface area contributed by atoms with Crippen molar-refractivity contribution in [3.63, 3.8) is 0 Å². The van der Waals surface area contributed by atoms with Crippen LogP contribution < -0.4 is 5.32 Å². The van der Waals surface area contributed by atoms with E-state index < -0.39 is 11.8 Å². The Bertz CT molecular complexity index is 1080. The van der Waals surface area contributed by atoms with E-state index in [2.05, 4.69) is 15.2 Å². The van der Waals surface area contributed by atoms with E-state index >= 15 is 0 Å². The lowest BCUT2D eigenvalue weighted by Gasteiger charge is -2.35. The van der Waals surface area contributed by atoms with Crippen LogP contribution in [0.3, 0.4) is 0 Å². The Kier molecular flexibility index (Phi) is 6.81. The number of hydrogen-bond acceptors (Lipinski definition) is 4. The van der Waals surface area contributed by atoms with Crippen LogP contribution in [0, 0.1) is 31.6 Å². The van der Waals surface area contributed by atoms with Crippen molar-refractivity contribution in [3.8, 4) is 0 Å². The monoisotopic (exact) mass is 496 g/mol. The van der Waals surface area contributed by atoms with Crippen molar-refractivity contribution in [2.75, 3.05) is 32.7 Å². The molecule has 3 atom stereocenters. The van der Waals surface area contributed by atoms with E-state index in [1.165, 1.54) is 0 Å². The molecule has 2 aliphatic heterocycles. The molecule has 1 aromatic heterocycles. The predicted octanol–water partition coefficient (Wildman–Crippen LogP) is 4.00. The fourth-order valence-electron chi connectivity index (χ4n) is 6.07. The highest BCUT2D eigenvalue weighted by Crippen LogP contribution is 2.42. The summed E-state index contributed by atoms with van der Waals surface area (Å²) < 4.78 is 26.5. The minimum absolute atomic E-state index is 0.0764. The van der Waals surface area contributed by atoms with E-state index in [0.717, 1.165) is 61.5 Å². The standard InChI is InChI=1S/C28H34F2N4O2/c1-18-8-10-31-19(2)25(18)27(36)34-16-22-14-33(15-23(22)17-34)11-9-24(20-6-4-3-5-7-20)32-26(35)21-12-28(29,30)13-21/h3-8,10,21-24H,9,11-17H2,1-2H3,(H,32,35)/t22-,23?,24?/m0/s1. The van der Waals surface area contributed by atoms with Gasteiger partial charge < -0.3 is 15.1 Å². The first-order chi connectivity index (χ1) is 17.2. The first-order valence-corrected chi connectivity index (χ1v) is 12.9. The molecule has 1 aliphatic carbocycles. The van der Waals surface area contributed by atoms with Gasteiger partial charge in [-0.25, -0.2) is 8.78 Å². The van der Waals surface area contributed by atoms with Gasteiger partial charge in [-0.3, -0.25) is 14.6 Å². The molecule has 3 fully saturated rings. The molecule has 5 rings (SSSR count). The predicted molar refractivity (Wildman–Crippen MR) is 133 cm³/mol. The zero-order valence-corrected chi connectivity index (χ0v) is 20.9. The number of rotatable bonds is 7. The van der Waals surface area contributed by atoms with Crippen LogP contribution in [0.15, 0.2) is 42.6 Å². The summed E-state index contributed by atoms with van der Waals surface area (Å²) in [6.45, 7) is 8.00. The van der Waals surface area contributed by atoms with Crippen molar-refractivity contribution < 1.29 is 18.4 Å². The number of halogens is 2. The van der Waals surface area contributed by atoms with Gasteiger partial charge in [-0.15, -0.1) is 0 Å². The van der Waals surface area contributed by atoms with Crippen LogP contribution in [-0.2, 0) is 4.79 Å². The summed E-state index contributed by atoms with van der Waals surface area (Å²) >= 11 is 0. The Balaban J connectivity index is 1.16. The third-order valence-corrected chi connectivity index (χ3v) is 8.13. The number of aromatic nitrogens is 1.